The zero-order valence-corrected chi connectivity index (χ0v) is 22.4. The molecule has 0 bridgehead atoms. The predicted octanol–water partition coefficient (Wildman–Crippen LogP) is 4.27. The molecule has 9 heteroatoms. The molecule has 2 heterocycles. The number of amides is 2. The topological polar surface area (TPSA) is 125 Å². The number of carbonyl (C=O) groups is 2. The lowest BCUT2D eigenvalue weighted by molar-refractivity contribution is -0.121. The second kappa shape index (κ2) is 11.5. The zero-order valence-electron chi connectivity index (χ0n) is 21.5. The van der Waals surface area contributed by atoms with Crippen LogP contribution in [0, 0.1) is 0 Å². The van der Waals surface area contributed by atoms with Crippen molar-refractivity contribution in [1.29, 1.82) is 0 Å². The number of benzene rings is 2. The number of rotatable bonds is 10. The van der Waals surface area contributed by atoms with Gasteiger partial charge in [-0.2, -0.15) is 0 Å². The van der Waals surface area contributed by atoms with E-state index >= 15 is 0 Å². The molecule has 1 saturated heterocycles. The van der Waals surface area contributed by atoms with Crippen LogP contribution in [-0.2, 0) is 21.4 Å². The number of aromatic amines is 1. The van der Waals surface area contributed by atoms with Gasteiger partial charge in [-0.1, -0.05) is 31.5 Å². The average Bonchev–Trinajstić information content (AvgIpc) is 3.34. The molecule has 0 spiro atoms. The molecule has 1 aromatic heterocycles. The molecule has 2 amide bonds. The van der Waals surface area contributed by atoms with Gasteiger partial charge >= 0.3 is 0 Å². The minimum Gasteiger partial charge on any atom is -0.366 e. The lowest BCUT2D eigenvalue weighted by Crippen LogP contribution is -2.38. The number of aromatic nitrogens is 1. The number of piperidine rings is 1. The van der Waals surface area contributed by atoms with Gasteiger partial charge in [0.1, 0.15) is 0 Å². The standard InChI is InChI=1S/C28H36N4O4S/c1-3-5-9-26(33)30-17-19-7-6-8-21(14-19)22-15-23-25(18-31-27(23)24(16-22)28(29)34)20-10-12-32(13-11-20)37(35,36)4-2/h6-8,14-16,18,20,31H,3-5,9-13,17H2,1-2H3,(H2,29,34)(H,30,33). The monoisotopic (exact) mass is 524 g/mol. The number of nitrogens with zero attached hydrogens (tertiary/aromatic N) is 1. The van der Waals surface area contributed by atoms with Gasteiger partial charge in [0.05, 0.1) is 16.8 Å². The van der Waals surface area contributed by atoms with Crippen LogP contribution in [0.4, 0.5) is 0 Å². The largest absolute Gasteiger partial charge is 0.366 e. The fraction of sp³-hybridized carbons (Fsp3) is 0.429. The van der Waals surface area contributed by atoms with Gasteiger partial charge in [0, 0.05) is 37.6 Å². The number of fused-ring (bicyclic) bond motifs is 1. The van der Waals surface area contributed by atoms with E-state index in [9.17, 15) is 18.0 Å². The molecule has 0 unspecified atom stereocenters. The maximum Gasteiger partial charge on any atom is 0.250 e. The quantitative estimate of drug-likeness (QED) is 0.366. The molecule has 1 fully saturated rings. The lowest BCUT2D eigenvalue weighted by Gasteiger charge is -2.31. The first-order chi connectivity index (χ1) is 17.7. The lowest BCUT2D eigenvalue weighted by atomic mass is 9.88. The first kappa shape index (κ1) is 26.9. The highest BCUT2D eigenvalue weighted by atomic mass is 32.2. The SMILES string of the molecule is CCCCC(=O)NCc1cccc(-c2cc(C(N)=O)c3[nH]cc(C4CCN(S(=O)(=O)CC)CC4)c3c2)c1. The van der Waals surface area contributed by atoms with Crippen molar-refractivity contribution < 1.29 is 18.0 Å². The molecule has 0 saturated carbocycles. The number of H-pyrrole nitrogens is 1. The van der Waals surface area contributed by atoms with Crippen LogP contribution in [0.3, 0.4) is 0 Å². The summed E-state index contributed by atoms with van der Waals surface area (Å²) in [7, 11) is -3.20. The maximum atomic E-state index is 12.4. The first-order valence-corrected chi connectivity index (χ1v) is 14.6. The molecule has 0 atom stereocenters. The Morgan fingerprint density at radius 3 is 2.54 bits per heavy atom. The molecule has 1 aliphatic rings. The van der Waals surface area contributed by atoms with Crippen molar-refractivity contribution in [3.63, 3.8) is 0 Å². The molecule has 1 aliphatic heterocycles. The van der Waals surface area contributed by atoms with Crippen LogP contribution in [0.1, 0.15) is 73.4 Å². The van der Waals surface area contributed by atoms with Crippen molar-refractivity contribution in [2.45, 2.75) is 58.4 Å². The fourth-order valence-electron chi connectivity index (χ4n) is 5.07. The minimum absolute atomic E-state index is 0.0411. The average molecular weight is 525 g/mol. The molecular formula is C28H36N4O4S. The van der Waals surface area contributed by atoms with Gasteiger partial charge in [-0.3, -0.25) is 9.59 Å². The Balaban J connectivity index is 1.62. The van der Waals surface area contributed by atoms with E-state index in [2.05, 4.69) is 23.3 Å². The number of hydrogen-bond donors (Lipinski definition) is 3. The van der Waals surface area contributed by atoms with E-state index in [0.717, 1.165) is 53.3 Å². The first-order valence-electron chi connectivity index (χ1n) is 13.0. The van der Waals surface area contributed by atoms with Crippen LogP contribution in [0.2, 0.25) is 0 Å². The third-order valence-corrected chi connectivity index (χ3v) is 9.13. The normalized spacial score (nSPS) is 15.2. The summed E-state index contributed by atoms with van der Waals surface area (Å²) in [5, 5.41) is 3.90. The third kappa shape index (κ3) is 6.05. The van der Waals surface area contributed by atoms with E-state index in [1.165, 1.54) is 0 Å². The van der Waals surface area contributed by atoms with Gasteiger partial charge in [0.15, 0.2) is 0 Å². The van der Waals surface area contributed by atoms with Crippen molar-refractivity contribution >= 4 is 32.7 Å². The molecule has 37 heavy (non-hydrogen) atoms. The fourth-order valence-corrected chi connectivity index (χ4v) is 6.20. The van der Waals surface area contributed by atoms with Gasteiger partial charge in [-0.15, -0.1) is 0 Å². The van der Waals surface area contributed by atoms with Gasteiger partial charge < -0.3 is 16.0 Å². The Kier molecular flexibility index (Phi) is 8.34. The summed E-state index contributed by atoms with van der Waals surface area (Å²) in [4.78, 5) is 27.7. The number of sulfonamides is 1. The number of unbranched alkanes of at least 4 members (excludes halogenated alkanes) is 1. The number of hydrogen-bond acceptors (Lipinski definition) is 4. The summed E-state index contributed by atoms with van der Waals surface area (Å²) in [6.45, 7) is 5.15. The summed E-state index contributed by atoms with van der Waals surface area (Å²) >= 11 is 0. The van der Waals surface area contributed by atoms with Crippen molar-refractivity contribution in [1.82, 2.24) is 14.6 Å². The van der Waals surface area contributed by atoms with Crippen molar-refractivity contribution in [2.24, 2.45) is 5.73 Å². The molecular weight excluding hydrogens is 488 g/mol. The Labute approximate surface area is 218 Å². The Morgan fingerprint density at radius 2 is 1.86 bits per heavy atom. The Bertz CT molecular complexity index is 1390. The number of primary amides is 1. The van der Waals surface area contributed by atoms with Crippen LogP contribution >= 0.6 is 0 Å². The van der Waals surface area contributed by atoms with Crippen LogP contribution in [0.5, 0.6) is 0 Å². The summed E-state index contributed by atoms with van der Waals surface area (Å²) in [5.41, 5.74) is 10.7. The van der Waals surface area contributed by atoms with Crippen LogP contribution < -0.4 is 11.1 Å². The highest BCUT2D eigenvalue weighted by Gasteiger charge is 2.29. The van der Waals surface area contributed by atoms with Crippen molar-refractivity contribution in [2.75, 3.05) is 18.8 Å². The van der Waals surface area contributed by atoms with Crippen molar-refractivity contribution in [3.8, 4) is 11.1 Å². The molecule has 198 valence electrons. The zero-order chi connectivity index (χ0) is 26.6. The van der Waals surface area contributed by atoms with E-state index < -0.39 is 15.9 Å². The number of nitrogens with one attached hydrogen (secondary N) is 2. The van der Waals surface area contributed by atoms with Crippen LogP contribution in [0.15, 0.2) is 42.6 Å². The smallest absolute Gasteiger partial charge is 0.250 e. The Morgan fingerprint density at radius 1 is 1.11 bits per heavy atom. The van der Waals surface area contributed by atoms with Crippen LogP contribution in [0.25, 0.3) is 22.0 Å². The van der Waals surface area contributed by atoms with E-state index in [1.54, 1.807) is 17.3 Å². The third-order valence-electron chi connectivity index (χ3n) is 7.25. The highest BCUT2D eigenvalue weighted by Crippen LogP contribution is 2.37. The predicted molar refractivity (Wildman–Crippen MR) is 147 cm³/mol. The minimum atomic E-state index is -3.20. The molecule has 8 nitrogen and oxygen atoms in total. The van der Waals surface area contributed by atoms with Gasteiger partial charge in [-0.05, 0) is 72.6 Å². The van der Waals surface area contributed by atoms with Crippen molar-refractivity contribution in [3.05, 3.63) is 59.3 Å². The van der Waals surface area contributed by atoms with E-state index in [-0.39, 0.29) is 17.6 Å². The molecule has 0 aliphatic carbocycles. The molecule has 4 rings (SSSR count). The summed E-state index contributed by atoms with van der Waals surface area (Å²) in [6.07, 6.45) is 5.73. The second-order valence-electron chi connectivity index (χ2n) is 9.71. The summed E-state index contributed by atoms with van der Waals surface area (Å²) in [5.74, 6) is -0.182. The highest BCUT2D eigenvalue weighted by molar-refractivity contribution is 7.89. The molecule has 0 radical (unpaired) electrons. The van der Waals surface area contributed by atoms with Gasteiger partial charge in [0.25, 0.3) is 5.91 Å². The summed E-state index contributed by atoms with van der Waals surface area (Å²) < 4.78 is 26.1. The molecule has 4 N–H and O–H groups in total. The van der Waals surface area contributed by atoms with Gasteiger partial charge in [0.2, 0.25) is 15.9 Å². The Hall–Kier alpha value is -3.17. The number of carbonyl (C=O) groups excluding carboxylic acids is 2. The van der Waals surface area contributed by atoms with Gasteiger partial charge in [-0.25, -0.2) is 12.7 Å². The van der Waals surface area contributed by atoms with E-state index in [1.807, 2.05) is 30.5 Å². The maximum absolute atomic E-state index is 12.4. The number of nitrogens with two attached hydrogens (primary N) is 1. The molecule has 3 aromatic rings. The molecule has 2 aromatic carbocycles. The van der Waals surface area contributed by atoms with E-state index in [0.29, 0.717) is 37.1 Å². The summed E-state index contributed by atoms with van der Waals surface area (Å²) in [6, 6.07) is 11.8. The van der Waals surface area contributed by atoms with Crippen LogP contribution in [-0.4, -0.2) is 48.4 Å². The second-order valence-corrected chi connectivity index (χ2v) is 12.0. The van der Waals surface area contributed by atoms with E-state index in [4.69, 9.17) is 5.73 Å².